The van der Waals surface area contributed by atoms with Crippen molar-refractivity contribution in [1.82, 2.24) is 9.97 Å². The van der Waals surface area contributed by atoms with Crippen LogP contribution < -0.4 is 15.5 Å². The summed E-state index contributed by atoms with van der Waals surface area (Å²) in [6.45, 7) is 0. The van der Waals surface area contributed by atoms with E-state index >= 15 is 0 Å². The molecule has 5 heteroatoms. The quantitative estimate of drug-likeness (QED) is 0.574. The average Bonchev–Trinajstić information content (AvgIpc) is 2.05. The molecular formula is C5H7N3O2. The topological polar surface area (TPSA) is 70.3 Å². The Morgan fingerprint density at radius 1 is 1.40 bits per heavy atom. The highest BCUT2D eigenvalue weighted by molar-refractivity contribution is 5.11. The fourth-order valence-electron chi connectivity index (χ4n) is 0.486. The molecule has 0 amide bonds. The summed E-state index contributed by atoms with van der Waals surface area (Å²) in [5.74, 6) is 5.43. The highest BCUT2D eigenvalue weighted by atomic mass is 16.6. The molecule has 0 spiro atoms. The second-order valence-corrected chi connectivity index (χ2v) is 1.52. The first-order chi connectivity index (χ1) is 4.86. The van der Waals surface area contributed by atoms with Gasteiger partial charge in [-0.05, 0) is 0 Å². The van der Waals surface area contributed by atoms with Crippen molar-refractivity contribution >= 4 is 0 Å². The van der Waals surface area contributed by atoms with Crippen LogP contribution in [0.25, 0.3) is 0 Å². The molecular weight excluding hydrogens is 134 g/mol. The molecule has 0 saturated heterocycles. The Morgan fingerprint density at radius 3 is 2.70 bits per heavy atom. The van der Waals surface area contributed by atoms with Gasteiger partial charge in [-0.2, -0.15) is 10.9 Å². The molecule has 10 heavy (non-hydrogen) atoms. The van der Waals surface area contributed by atoms with E-state index in [9.17, 15) is 0 Å². The number of hydrogen-bond acceptors (Lipinski definition) is 5. The van der Waals surface area contributed by atoms with Gasteiger partial charge in [0.2, 0.25) is 5.88 Å². The lowest BCUT2D eigenvalue weighted by Crippen LogP contribution is -2.04. The normalized spacial score (nSPS) is 9.00. The zero-order valence-corrected chi connectivity index (χ0v) is 5.44. The molecule has 0 unspecified atom stereocenters. The van der Waals surface area contributed by atoms with E-state index in [-0.39, 0.29) is 5.88 Å². The second kappa shape index (κ2) is 2.98. The van der Waals surface area contributed by atoms with Gasteiger partial charge in [-0.1, -0.05) is 0 Å². The van der Waals surface area contributed by atoms with Crippen molar-refractivity contribution in [3.63, 3.8) is 0 Å². The van der Waals surface area contributed by atoms with Crippen LogP contribution >= 0.6 is 0 Å². The minimum Gasteiger partial charge on any atom is -0.480 e. The molecule has 1 heterocycles. The van der Waals surface area contributed by atoms with E-state index in [4.69, 9.17) is 10.6 Å². The highest BCUT2D eigenvalue weighted by Gasteiger charge is 1.95. The summed E-state index contributed by atoms with van der Waals surface area (Å²) in [4.78, 5) is 11.8. The monoisotopic (exact) mass is 141 g/mol. The van der Waals surface area contributed by atoms with Crippen molar-refractivity contribution in [1.29, 1.82) is 0 Å². The van der Waals surface area contributed by atoms with Gasteiger partial charge in [0.05, 0.1) is 19.5 Å². The lowest BCUT2D eigenvalue weighted by atomic mass is 10.7. The van der Waals surface area contributed by atoms with E-state index in [2.05, 4.69) is 14.8 Å². The molecule has 0 saturated carbocycles. The molecule has 2 N–H and O–H groups in total. The van der Waals surface area contributed by atoms with Crippen LogP contribution in [0.3, 0.4) is 0 Å². The summed E-state index contributed by atoms with van der Waals surface area (Å²) in [5, 5.41) is 0. The third kappa shape index (κ3) is 1.32. The summed E-state index contributed by atoms with van der Waals surface area (Å²) < 4.78 is 4.75. The van der Waals surface area contributed by atoms with Gasteiger partial charge < -0.3 is 9.57 Å². The van der Waals surface area contributed by atoms with Crippen molar-refractivity contribution in [3.8, 4) is 11.8 Å². The van der Waals surface area contributed by atoms with Crippen LogP contribution in [0.2, 0.25) is 0 Å². The minimum atomic E-state index is 0.236. The predicted molar refractivity (Wildman–Crippen MR) is 33.4 cm³/mol. The van der Waals surface area contributed by atoms with Gasteiger partial charge in [-0.15, -0.1) is 0 Å². The Labute approximate surface area is 57.8 Å². The van der Waals surface area contributed by atoms with Gasteiger partial charge >= 0.3 is 0 Å². The third-order valence-corrected chi connectivity index (χ3v) is 0.920. The average molecular weight is 141 g/mol. The second-order valence-electron chi connectivity index (χ2n) is 1.52. The molecule has 1 aromatic rings. The Hall–Kier alpha value is -1.36. The number of methoxy groups -OCH3 is 1. The standard InChI is InChI=1S/C5H7N3O2/c1-9-4-2-7-3-5(8-4)10-6/h2-3H,6H2,1H3. The molecule has 0 aliphatic heterocycles. The smallest absolute Gasteiger partial charge is 0.259 e. The molecule has 0 radical (unpaired) electrons. The van der Waals surface area contributed by atoms with Gasteiger partial charge in [0.1, 0.15) is 0 Å². The summed E-state index contributed by atoms with van der Waals surface area (Å²) >= 11 is 0. The van der Waals surface area contributed by atoms with Crippen molar-refractivity contribution in [3.05, 3.63) is 12.4 Å². The van der Waals surface area contributed by atoms with Crippen LogP contribution in [-0.4, -0.2) is 17.1 Å². The van der Waals surface area contributed by atoms with Crippen LogP contribution in [0, 0.1) is 0 Å². The number of rotatable bonds is 2. The third-order valence-electron chi connectivity index (χ3n) is 0.920. The molecule has 0 aliphatic carbocycles. The number of nitrogens with two attached hydrogens (primary N) is 1. The Bertz CT molecular complexity index is 197. The zero-order valence-electron chi connectivity index (χ0n) is 5.44. The van der Waals surface area contributed by atoms with Crippen LogP contribution in [0.5, 0.6) is 11.8 Å². The van der Waals surface area contributed by atoms with Gasteiger partial charge in [0.15, 0.2) is 0 Å². The largest absolute Gasteiger partial charge is 0.480 e. The summed E-state index contributed by atoms with van der Waals surface area (Å²) in [5.41, 5.74) is 0. The summed E-state index contributed by atoms with van der Waals surface area (Å²) in [7, 11) is 1.49. The number of hydrogen-bond donors (Lipinski definition) is 1. The van der Waals surface area contributed by atoms with Crippen LogP contribution in [0.15, 0.2) is 12.4 Å². The van der Waals surface area contributed by atoms with E-state index in [0.29, 0.717) is 5.88 Å². The highest BCUT2D eigenvalue weighted by Crippen LogP contribution is 2.07. The molecule has 1 aromatic heterocycles. The maximum Gasteiger partial charge on any atom is 0.259 e. The number of nitrogens with zero attached hydrogens (tertiary/aromatic N) is 2. The van der Waals surface area contributed by atoms with Crippen LogP contribution in [0.4, 0.5) is 0 Å². The maximum absolute atomic E-state index is 4.82. The van der Waals surface area contributed by atoms with E-state index in [1.165, 1.54) is 19.5 Å². The molecule has 0 fully saturated rings. The van der Waals surface area contributed by atoms with Gasteiger partial charge in [-0.3, -0.25) is 4.98 Å². The van der Waals surface area contributed by atoms with Gasteiger partial charge in [0.25, 0.3) is 5.88 Å². The SMILES string of the molecule is COc1cncc(ON)n1. The Kier molecular flexibility index (Phi) is 2.01. The molecule has 0 atom stereocenters. The maximum atomic E-state index is 4.82. The first-order valence-electron chi connectivity index (χ1n) is 2.59. The van der Waals surface area contributed by atoms with Crippen molar-refractivity contribution < 1.29 is 9.57 Å². The fourth-order valence-corrected chi connectivity index (χ4v) is 0.486. The molecule has 5 nitrogen and oxygen atoms in total. The van der Waals surface area contributed by atoms with Crippen molar-refractivity contribution in [2.75, 3.05) is 7.11 Å². The Balaban J connectivity index is 2.87. The first-order valence-corrected chi connectivity index (χ1v) is 2.59. The predicted octanol–water partition coefficient (Wildman–Crippen LogP) is -0.262. The zero-order chi connectivity index (χ0) is 7.40. The van der Waals surface area contributed by atoms with Crippen LogP contribution in [0.1, 0.15) is 0 Å². The molecule has 0 aliphatic rings. The van der Waals surface area contributed by atoms with E-state index < -0.39 is 0 Å². The summed E-state index contributed by atoms with van der Waals surface area (Å²) in [6, 6.07) is 0. The van der Waals surface area contributed by atoms with Gasteiger partial charge in [0, 0.05) is 0 Å². The lowest BCUT2D eigenvalue weighted by Gasteiger charge is -1.98. The number of aromatic nitrogens is 2. The number of ether oxygens (including phenoxy) is 1. The minimum absolute atomic E-state index is 0.236. The van der Waals surface area contributed by atoms with E-state index in [1.54, 1.807) is 0 Å². The molecule has 0 aromatic carbocycles. The molecule has 1 rings (SSSR count). The fraction of sp³-hybridized carbons (Fsp3) is 0.200. The van der Waals surface area contributed by atoms with E-state index in [1.807, 2.05) is 0 Å². The summed E-state index contributed by atoms with van der Waals surface area (Å²) in [6.07, 6.45) is 2.85. The van der Waals surface area contributed by atoms with Gasteiger partial charge in [-0.25, -0.2) is 0 Å². The van der Waals surface area contributed by atoms with E-state index in [0.717, 1.165) is 0 Å². The van der Waals surface area contributed by atoms with Crippen molar-refractivity contribution in [2.24, 2.45) is 5.90 Å². The molecule has 54 valence electrons. The molecule has 0 bridgehead atoms. The Morgan fingerprint density at radius 2 is 2.10 bits per heavy atom. The lowest BCUT2D eigenvalue weighted by molar-refractivity contribution is 0.308. The van der Waals surface area contributed by atoms with Crippen molar-refractivity contribution in [2.45, 2.75) is 0 Å². The van der Waals surface area contributed by atoms with Crippen LogP contribution in [-0.2, 0) is 0 Å². The first kappa shape index (κ1) is 6.76.